The van der Waals surface area contributed by atoms with Crippen molar-refractivity contribution in [3.05, 3.63) is 66.0 Å². The predicted octanol–water partition coefficient (Wildman–Crippen LogP) is 4.65. The number of benzene rings is 1. The average Bonchev–Trinajstić information content (AvgIpc) is 2.78. The number of nitrogen functional groups attached to an aromatic ring is 1. The molecule has 30 heavy (non-hydrogen) atoms. The van der Waals surface area contributed by atoms with Gasteiger partial charge >= 0.3 is 0 Å². The molecule has 1 saturated carbocycles. The van der Waals surface area contributed by atoms with Crippen molar-refractivity contribution in [2.24, 2.45) is 11.8 Å². The maximum Gasteiger partial charge on any atom is 0.243 e. The minimum absolute atomic E-state index is 0.0712. The molecule has 2 aromatic rings. The van der Waals surface area contributed by atoms with Gasteiger partial charge in [-0.05, 0) is 67.9 Å². The van der Waals surface area contributed by atoms with Crippen LogP contribution < -0.4 is 11.1 Å². The third-order valence-corrected chi connectivity index (χ3v) is 5.89. The number of carbonyl (C=O) groups excluding carboxylic acids is 2. The number of nitrogens with zero attached hydrogens (tertiary/aromatic N) is 1. The number of unbranched alkanes of at least 4 members (excludes halogenated alkanes) is 1. The Labute approximate surface area is 178 Å². The van der Waals surface area contributed by atoms with E-state index in [0.717, 1.165) is 50.5 Å². The molecule has 1 fully saturated rings. The number of nitrogens with two attached hydrogens (primary N) is 1. The van der Waals surface area contributed by atoms with E-state index >= 15 is 0 Å². The van der Waals surface area contributed by atoms with Crippen LogP contribution in [0.2, 0.25) is 0 Å². The third kappa shape index (κ3) is 6.55. The van der Waals surface area contributed by atoms with Crippen LogP contribution in [0.15, 0.2) is 54.9 Å². The van der Waals surface area contributed by atoms with Crippen molar-refractivity contribution >= 4 is 23.5 Å². The second kappa shape index (κ2) is 11.3. The Bertz CT molecular complexity index is 856. The predicted molar refractivity (Wildman–Crippen MR) is 121 cm³/mol. The van der Waals surface area contributed by atoms with E-state index in [0.29, 0.717) is 23.7 Å². The first-order chi connectivity index (χ1) is 14.6. The summed E-state index contributed by atoms with van der Waals surface area (Å²) in [4.78, 5) is 28.6. The van der Waals surface area contributed by atoms with E-state index in [4.69, 9.17) is 5.73 Å². The number of para-hydroxylation sites is 1. The number of nitrogens with one attached hydrogen (secondary N) is 1. The SMILES string of the molecule is Nc1ccccc1C(=O)C1CCC(CCCCNC(=O)/C=C/c2cccnc2)CC1. The smallest absolute Gasteiger partial charge is 0.243 e. The van der Waals surface area contributed by atoms with E-state index in [9.17, 15) is 9.59 Å². The molecule has 0 bridgehead atoms. The number of pyridine rings is 1. The zero-order valence-corrected chi connectivity index (χ0v) is 17.4. The van der Waals surface area contributed by atoms with Crippen LogP contribution >= 0.6 is 0 Å². The molecule has 3 rings (SSSR count). The molecular formula is C25H31N3O2. The van der Waals surface area contributed by atoms with Gasteiger partial charge in [-0.15, -0.1) is 0 Å². The summed E-state index contributed by atoms with van der Waals surface area (Å²) in [6, 6.07) is 11.1. The minimum atomic E-state index is -0.0712. The fraction of sp³-hybridized carbons (Fsp3) is 0.400. The summed E-state index contributed by atoms with van der Waals surface area (Å²) >= 11 is 0. The first kappa shape index (κ1) is 21.8. The fourth-order valence-corrected chi connectivity index (χ4v) is 4.13. The molecule has 1 aliphatic rings. The number of anilines is 1. The second-order valence-corrected chi connectivity index (χ2v) is 8.08. The van der Waals surface area contributed by atoms with Crippen LogP contribution in [0.5, 0.6) is 0 Å². The third-order valence-electron chi connectivity index (χ3n) is 5.89. The topological polar surface area (TPSA) is 85.1 Å². The molecule has 1 aromatic heterocycles. The maximum absolute atomic E-state index is 12.7. The molecule has 5 heteroatoms. The highest BCUT2D eigenvalue weighted by molar-refractivity contribution is 6.02. The van der Waals surface area contributed by atoms with Gasteiger partial charge in [-0.25, -0.2) is 0 Å². The van der Waals surface area contributed by atoms with E-state index < -0.39 is 0 Å². The van der Waals surface area contributed by atoms with Crippen LogP contribution in [0, 0.1) is 11.8 Å². The van der Waals surface area contributed by atoms with E-state index in [-0.39, 0.29) is 17.6 Å². The van der Waals surface area contributed by atoms with Crippen molar-refractivity contribution in [2.75, 3.05) is 12.3 Å². The number of aromatic nitrogens is 1. The van der Waals surface area contributed by atoms with Crippen molar-refractivity contribution < 1.29 is 9.59 Å². The Balaban J connectivity index is 1.29. The molecular weight excluding hydrogens is 374 g/mol. The van der Waals surface area contributed by atoms with Gasteiger partial charge in [0.1, 0.15) is 0 Å². The van der Waals surface area contributed by atoms with Crippen LogP contribution in [-0.4, -0.2) is 23.2 Å². The summed E-state index contributed by atoms with van der Waals surface area (Å²) in [6.07, 6.45) is 14.1. The second-order valence-electron chi connectivity index (χ2n) is 8.08. The monoisotopic (exact) mass is 405 g/mol. The van der Waals surface area contributed by atoms with Crippen LogP contribution in [-0.2, 0) is 4.79 Å². The number of rotatable bonds is 9. The summed E-state index contributed by atoms with van der Waals surface area (Å²) in [5.41, 5.74) is 8.14. The highest BCUT2D eigenvalue weighted by Crippen LogP contribution is 2.34. The van der Waals surface area contributed by atoms with Crippen molar-refractivity contribution in [3.8, 4) is 0 Å². The molecule has 0 saturated heterocycles. The van der Waals surface area contributed by atoms with Gasteiger partial charge in [0.2, 0.25) is 5.91 Å². The molecule has 0 atom stereocenters. The van der Waals surface area contributed by atoms with Crippen LogP contribution in [0.1, 0.15) is 60.9 Å². The molecule has 0 spiro atoms. The molecule has 1 aliphatic carbocycles. The highest BCUT2D eigenvalue weighted by atomic mass is 16.1. The van der Waals surface area contributed by atoms with Crippen molar-refractivity contribution in [1.82, 2.24) is 10.3 Å². The molecule has 1 aromatic carbocycles. The van der Waals surface area contributed by atoms with Gasteiger partial charge in [0.05, 0.1) is 0 Å². The Morgan fingerprint density at radius 3 is 2.60 bits per heavy atom. The summed E-state index contributed by atoms with van der Waals surface area (Å²) in [5, 5.41) is 2.93. The molecule has 3 N–H and O–H groups in total. The summed E-state index contributed by atoms with van der Waals surface area (Å²) in [7, 11) is 0. The average molecular weight is 406 g/mol. The lowest BCUT2D eigenvalue weighted by molar-refractivity contribution is -0.116. The minimum Gasteiger partial charge on any atom is -0.398 e. The number of carbonyl (C=O) groups is 2. The van der Waals surface area contributed by atoms with Crippen molar-refractivity contribution in [1.29, 1.82) is 0 Å². The fourth-order valence-electron chi connectivity index (χ4n) is 4.13. The van der Waals surface area contributed by atoms with Crippen molar-refractivity contribution in [2.45, 2.75) is 44.9 Å². The van der Waals surface area contributed by atoms with Gasteiger partial charge in [0.15, 0.2) is 5.78 Å². The zero-order chi connectivity index (χ0) is 21.2. The van der Waals surface area contributed by atoms with Gasteiger partial charge in [0, 0.05) is 42.2 Å². The summed E-state index contributed by atoms with van der Waals surface area (Å²) < 4.78 is 0. The van der Waals surface area contributed by atoms with Crippen LogP contribution in [0.4, 0.5) is 5.69 Å². The first-order valence-electron chi connectivity index (χ1n) is 10.9. The molecule has 0 aliphatic heterocycles. The molecule has 1 amide bonds. The molecule has 0 radical (unpaired) electrons. The van der Waals surface area contributed by atoms with Gasteiger partial charge in [0.25, 0.3) is 0 Å². The molecule has 158 valence electrons. The lowest BCUT2D eigenvalue weighted by atomic mass is 9.77. The Morgan fingerprint density at radius 1 is 1.07 bits per heavy atom. The van der Waals surface area contributed by atoms with Gasteiger partial charge < -0.3 is 11.1 Å². The number of hydrogen-bond acceptors (Lipinski definition) is 4. The normalized spacial score (nSPS) is 18.9. The largest absolute Gasteiger partial charge is 0.398 e. The zero-order valence-electron chi connectivity index (χ0n) is 17.4. The summed E-state index contributed by atoms with van der Waals surface area (Å²) in [5.74, 6) is 0.923. The number of amides is 1. The standard InChI is InChI=1S/C25H31N3O2/c26-23-9-2-1-8-22(23)25(30)21-13-10-19(11-14-21)6-3-4-17-28-24(29)15-12-20-7-5-16-27-18-20/h1-2,5,7-9,12,15-16,18-19,21H,3-4,6,10-11,13-14,17,26H2,(H,28,29)/b15-12+. The number of ketones is 1. The van der Waals surface area contributed by atoms with E-state index in [1.165, 1.54) is 0 Å². The van der Waals surface area contributed by atoms with Gasteiger partial charge in [-0.2, -0.15) is 0 Å². The van der Waals surface area contributed by atoms with E-state index in [1.807, 2.05) is 30.3 Å². The van der Waals surface area contributed by atoms with Crippen LogP contribution in [0.3, 0.4) is 0 Å². The van der Waals surface area contributed by atoms with Gasteiger partial charge in [-0.3, -0.25) is 14.6 Å². The number of Topliss-reactive ketones (excluding diaryl/α,β-unsaturated/α-hetero) is 1. The maximum atomic E-state index is 12.7. The lowest BCUT2D eigenvalue weighted by Gasteiger charge is -2.28. The Kier molecular flexibility index (Phi) is 8.19. The Morgan fingerprint density at radius 2 is 1.87 bits per heavy atom. The first-order valence-corrected chi connectivity index (χ1v) is 10.9. The number of hydrogen-bond donors (Lipinski definition) is 2. The lowest BCUT2D eigenvalue weighted by Crippen LogP contribution is -2.23. The quantitative estimate of drug-likeness (QED) is 0.275. The Hall–Kier alpha value is -2.95. The molecule has 1 heterocycles. The van der Waals surface area contributed by atoms with Gasteiger partial charge in [-0.1, -0.05) is 31.0 Å². The van der Waals surface area contributed by atoms with E-state index in [1.54, 1.807) is 30.6 Å². The van der Waals surface area contributed by atoms with Crippen LogP contribution in [0.25, 0.3) is 6.08 Å². The highest BCUT2D eigenvalue weighted by Gasteiger charge is 2.27. The summed E-state index contributed by atoms with van der Waals surface area (Å²) in [6.45, 7) is 0.692. The molecule has 0 unspecified atom stereocenters. The molecule has 5 nitrogen and oxygen atoms in total. The van der Waals surface area contributed by atoms with E-state index in [2.05, 4.69) is 10.3 Å². The van der Waals surface area contributed by atoms with Crippen molar-refractivity contribution in [3.63, 3.8) is 0 Å².